The molecule has 176 valence electrons. The number of hydrogen-bond acceptors (Lipinski definition) is 2. The normalized spacial score (nSPS) is 27.3. The molecule has 3 aromatic rings. The molecule has 34 heavy (non-hydrogen) atoms. The Balaban J connectivity index is 1.20. The van der Waals surface area contributed by atoms with E-state index in [1.54, 1.807) is 0 Å². The Kier molecular flexibility index (Phi) is 6.17. The standard InChI is InChI=1S/C31H35O2S/c1-21-13-29(34(27-9-5-3-6-10-27)28-11-7-4-8-12-28)14-22(2)30(21)32-20-33-31-25-16-23-15-24(18-25)19-26(31)17-23/h3-14,23-26,31H,15-20H2,1-2H3/q+1. The molecular weight excluding hydrogens is 436 g/mol. The third-order valence-electron chi connectivity index (χ3n) is 8.23. The molecule has 7 rings (SSSR count). The van der Waals surface area contributed by atoms with Gasteiger partial charge in [-0.1, -0.05) is 36.4 Å². The first-order valence-corrected chi connectivity index (χ1v) is 14.1. The third kappa shape index (κ3) is 4.29. The van der Waals surface area contributed by atoms with E-state index < -0.39 is 0 Å². The molecule has 4 saturated carbocycles. The fourth-order valence-corrected chi connectivity index (χ4v) is 9.36. The molecule has 0 atom stereocenters. The van der Waals surface area contributed by atoms with Gasteiger partial charge in [-0.2, -0.15) is 0 Å². The van der Waals surface area contributed by atoms with Crippen LogP contribution in [0.5, 0.6) is 5.75 Å². The molecule has 4 aliphatic carbocycles. The molecule has 3 aromatic carbocycles. The Morgan fingerprint density at radius 1 is 0.676 bits per heavy atom. The van der Waals surface area contributed by atoms with Crippen LogP contribution < -0.4 is 4.74 Å². The van der Waals surface area contributed by atoms with Gasteiger partial charge < -0.3 is 9.47 Å². The Labute approximate surface area is 207 Å². The van der Waals surface area contributed by atoms with Crippen molar-refractivity contribution < 1.29 is 9.47 Å². The second kappa shape index (κ2) is 9.43. The van der Waals surface area contributed by atoms with Crippen LogP contribution in [0.15, 0.2) is 87.5 Å². The fourth-order valence-electron chi connectivity index (χ4n) is 7.10. The summed E-state index contributed by atoms with van der Waals surface area (Å²) in [6.07, 6.45) is 7.42. The van der Waals surface area contributed by atoms with Gasteiger partial charge >= 0.3 is 0 Å². The molecular formula is C31H35O2S+. The van der Waals surface area contributed by atoms with Gasteiger partial charge in [0.1, 0.15) is 5.75 Å². The van der Waals surface area contributed by atoms with Crippen molar-refractivity contribution in [3.8, 4) is 5.75 Å². The molecule has 0 amide bonds. The lowest BCUT2D eigenvalue weighted by Gasteiger charge is -2.53. The summed E-state index contributed by atoms with van der Waals surface area (Å²) in [5, 5.41) is 0. The van der Waals surface area contributed by atoms with Crippen molar-refractivity contribution in [3.63, 3.8) is 0 Å². The minimum Gasteiger partial charge on any atom is -0.467 e. The lowest BCUT2D eigenvalue weighted by atomic mass is 9.55. The van der Waals surface area contributed by atoms with Crippen molar-refractivity contribution in [3.05, 3.63) is 83.9 Å². The summed E-state index contributed by atoms with van der Waals surface area (Å²) in [6, 6.07) is 26.3. The zero-order valence-corrected chi connectivity index (χ0v) is 21.1. The average Bonchev–Trinajstić information content (AvgIpc) is 2.83. The van der Waals surface area contributed by atoms with Crippen LogP contribution in [0, 0.1) is 37.5 Å². The van der Waals surface area contributed by atoms with Crippen LogP contribution in [-0.2, 0) is 15.6 Å². The summed E-state index contributed by atoms with van der Waals surface area (Å²) in [5.41, 5.74) is 2.38. The molecule has 0 radical (unpaired) electrons. The molecule has 0 aliphatic heterocycles. The number of benzene rings is 3. The molecule has 2 nitrogen and oxygen atoms in total. The first kappa shape index (κ1) is 22.2. The first-order valence-electron chi connectivity index (χ1n) is 12.9. The van der Waals surface area contributed by atoms with Crippen molar-refractivity contribution in [2.45, 2.75) is 66.7 Å². The zero-order valence-electron chi connectivity index (χ0n) is 20.3. The molecule has 0 aromatic heterocycles. The summed E-state index contributed by atoms with van der Waals surface area (Å²) in [4.78, 5) is 4.01. The highest BCUT2D eigenvalue weighted by Gasteiger charge is 2.48. The average molecular weight is 472 g/mol. The monoisotopic (exact) mass is 471 g/mol. The van der Waals surface area contributed by atoms with Gasteiger partial charge in [0.2, 0.25) is 0 Å². The Hall–Kier alpha value is -2.23. The maximum absolute atomic E-state index is 6.43. The van der Waals surface area contributed by atoms with E-state index in [0.717, 1.165) is 29.4 Å². The summed E-state index contributed by atoms with van der Waals surface area (Å²) < 4.78 is 12.7. The van der Waals surface area contributed by atoms with Crippen molar-refractivity contribution in [2.24, 2.45) is 23.7 Å². The second-order valence-electron chi connectivity index (χ2n) is 10.6. The van der Waals surface area contributed by atoms with Crippen molar-refractivity contribution in [1.29, 1.82) is 0 Å². The Morgan fingerprint density at radius 2 is 1.18 bits per heavy atom. The maximum Gasteiger partial charge on any atom is 0.189 e. The lowest BCUT2D eigenvalue weighted by molar-refractivity contribution is -0.155. The quantitative estimate of drug-likeness (QED) is 0.261. The summed E-state index contributed by atoms with van der Waals surface area (Å²) in [6.45, 7) is 4.72. The zero-order chi connectivity index (χ0) is 23.1. The Morgan fingerprint density at radius 3 is 1.68 bits per heavy atom. The van der Waals surface area contributed by atoms with Gasteiger partial charge in [0.15, 0.2) is 21.5 Å². The SMILES string of the molecule is Cc1cc([S+](c2ccccc2)c2ccccc2)cc(C)c1OCOC1C2CC3CC(C2)CC1C3. The number of aryl methyl sites for hydroxylation is 2. The summed E-state index contributed by atoms with van der Waals surface area (Å²) in [5.74, 6) is 4.47. The van der Waals surface area contributed by atoms with Crippen LogP contribution in [0.4, 0.5) is 0 Å². The minimum absolute atomic E-state index is 0.142. The van der Waals surface area contributed by atoms with Gasteiger partial charge in [0.25, 0.3) is 0 Å². The largest absolute Gasteiger partial charge is 0.467 e. The molecule has 3 heteroatoms. The summed E-state index contributed by atoms with van der Waals surface area (Å²) in [7, 11) is -0.142. The van der Waals surface area contributed by atoms with Crippen molar-refractivity contribution in [1.82, 2.24) is 0 Å². The highest BCUT2D eigenvalue weighted by atomic mass is 32.2. The van der Waals surface area contributed by atoms with E-state index in [9.17, 15) is 0 Å². The molecule has 4 aliphatic rings. The highest BCUT2D eigenvalue weighted by molar-refractivity contribution is 7.97. The van der Waals surface area contributed by atoms with Crippen LogP contribution in [-0.4, -0.2) is 12.9 Å². The molecule has 0 spiro atoms. The number of ether oxygens (including phenoxy) is 2. The van der Waals surface area contributed by atoms with Gasteiger partial charge in [-0.25, -0.2) is 0 Å². The van der Waals surface area contributed by atoms with Crippen LogP contribution in [0.3, 0.4) is 0 Å². The molecule has 0 heterocycles. The van der Waals surface area contributed by atoms with Crippen LogP contribution >= 0.6 is 0 Å². The van der Waals surface area contributed by atoms with Gasteiger partial charge in [0, 0.05) is 12.1 Å². The minimum atomic E-state index is -0.142. The molecule has 4 fully saturated rings. The topological polar surface area (TPSA) is 18.5 Å². The van der Waals surface area contributed by atoms with E-state index in [2.05, 4.69) is 86.6 Å². The number of rotatable bonds is 7. The van der Waals surface area contributed by atoms with E-state index in [-0.39, 0.29) is 10.9 Å². The van der Waals surface area contributed by atoms with Crippen molar-refractivity contribution in [2.75, 3.05) is 6.79 Å². The second-order valence-corrected chi connectivity index (χ2v) is 12.7. The van der Waals surface area contributed by atoms with E-state index >= 15 is 0 Å². The van der Waals surface area contributed by atoms with Crippen LogP contribution in [0.25, 0.3) is 0 Å². The van der Waals surface area contributed by atoms with E-state index in [1.165, 1.54) is 57.9 Å². The maximum atomic E-state index is 6.43. The highest BCUT2D eigenvalue weighted by Crippen LogP contribution is 2.54. The predicted octanol–water partition coefficient (Wildman–Crippen LogP) is 7.58. The predicted molar refractivity (Wildman–Crippen MR) is 138 cm³/mol. The third-order valence-corrected chi connectivity index (χ3v) is 10.4. The van der Waals surface area contributed by atoms with Crippen molar-refractivity contribution >= 4 is 10.9 Å². The van der Waals surface area contributed by atoms with Gasteiger partial charge in [0.05, 0.1) is 17.0 Å². The molecule has 0 unspecified atom stereocenters. The van der Waals surface area contributed by atoms with Crippen LogP contribution in [0.2, 0.25) is 0 Å². The smallest absolute Gasteiger partial charge is 0.189 e. The first-order chi connectivity index (χ1) is 16.7. The Bertz CT molecular complexity index is 1040. The van der Waals surface area contributed by atoms with Gasteiger partial charge in [-0.05, 0) is 105 Å². The van der Waals surface area contributed by atoms with E-state index in [4.69, 9.17) is 9.47 Å². The van der Waals surface area contributed by atoms with Crippen LogP contribution in [0.1, 0.15) is 43.2 Å². The molecule has 0 N–H and O–H groups in total. The van der Waals surface area contributed by atoms with Gasteiger partial charge in [-0.3, -0.25) is 0 Å². The molecule has 4 bridgehead atoms. The summed E-state index contributed by atoms with van der Waals surface area (Å²) >= 11 is 0. The number of hydrogen-bond donors (Lipinski definition) is 0. The molecule has 0 saturated heterocycles. The fraction of sp³-hybridized carbons (Fsp3) is 0.419. The lowest BCUT2D eigenvalue weighted by Crippen LogP contribution is -2.49. The van der Waals surface area contributed by atoms with E-state index in [1.807, 2.05) is 0 Å². The van der Waals surface area contributed by atoms with E-state index in [0.29, 0.717) is 12.9 Å². The van der Waals surface area contributed by atoms with Gasteiger partial charge in [-0.15, -0.1) is 0 Å².